The molecule has 14 heavy (non-hydrogen) atoms. The summed E-state index contributed by atoms with van der Waals surface area (Å²) in [4.78, 5) is 0.262. The van der Waals surface area contributed by atoms with Crippen molar-refractivity contribution >= 4 is 10.0 Å². The Bertz CT molecular complexity index is 420. The van der Waals surface area contributed by atoms with Gasteiger partial charge in [-0.25, -0.2) is 13.1 Å². The van der Waals surface area contributed by atoms with Gasteiger partial charge in [0.25, 0.3) is 0 Å². The van der Waals surface area contributed by atoms with Gasteiger partial charge in [-0.1, -0.05) is 13.8 Å². The van der Waals surface area contributed by atoms with E-state index in [9.17, 15) is 8.42 Å². The fourth-order valence-electron chi connectivity index (χ4n) is 1.20. The van der Waals surface area contributed by atoms with Gasteiger partial charge in [-0.3, -0.25) is 4.68 Å². The molecule has 0 atom stereocenters. The molecule has 1 aromatic heterocycles. The summed E-state index contributed by atoms with van der Waals surface area (Å²) < 4.78 is 26.9. The molecule has 5 nitrogen and oxygen atoms in total. The zero-order valence-corrected chi connectivity index (χ0v) is 9.59. The van der Waals surface area contributed by atoms with E-state index in [2.05, 4.69) is 9.82 Å². The lowest BCUT2D eigenvalue weighted by Crippen LogP contribution is -2.19. The van der Waals surface area contributed by atoms with Gasteiger partial charge < -0.3 is 0 Å². The average Bonchev–Trinajstić information content (AvgIpc) is 2.48. The molecule has 1 N–H and O–H groups in total. The Hall–Kier alpha value is -0.880. The van der Waals surface area contributed by atoms with Crippen LogP contribution in [0.4, 0.5) is 0 Å². The van der Waals surface area contributed by atoms with E-state index in [1.807, 2.05) is 13.8 Å². The van der Waals surface area contributed by atoms with Crippen molar-refractivity contribution in [3.05, 3.63) is 11.9 Å². The first kappa shape index (κ1) is 11.2. The third-order valence-electron chi connectivity index (χ3n) is 1.93. The summed E-state index contributed by atoms with van der Waals surface area (Å²) in [6.07, 6.45) is 1.52. The summed E-state index contributed by atoms with van der Waals surface area (Å²) in [5.41, 5.74) is 0.599. The Morgan fingerprint density at radius 1 is 1.50 bits per heavy atom. The largest absolute Gasteiger partial charge is 0.274 e. The Morgan fingerprint density at radius 2 is 2.07 bits per heavy atom. The van der Waals surface area contributed by atoms with Gasteiger partial charge >= 0.3 is 0 Å². The van der Waals surface area contributed by atoms with E-state index in [1.54, 1.807) is 7.05 Å². The van der Waals surface area contributed by atoms with Crippen LogP contribution < -0.4 is 4.72 Å². The van der Waals surface area contributed by atoms with Crippen molar-refractivity contribution in [2.45, 2.75) is 24.7 Å². The molecule has 0 fully saturated rings. The molecule has 1 rings (SSSR count). The average molecular weight is 217 g/mol. The summed E-state index contributed by atoms with van der Waals surface area (Å²) >= 11 is 0. The first-order valence-corrected chi connectivity index (χ1v) is 5.84. The van der Waals surface area contributed by atoms with Gasteiger partial charge in [0.2, 0.25) is 10.0 Å². The highest BCUT2D eigenvalue weighted by Crippen LogP contribution is 2.21. The zero-order chi connectivity index (χ0) is 10.9. The van der Waals surface area contributed by atoms with E-state index in [4.69, 9.17) is 0 Å². The van der Waals surface area contributed by atoms with Crippen molar-refractivity contribution in [3.8, 4) is 0 Å². The van der Waals surface area contributed by atoms with Crippen LogP contribution in [0.5, 0.6) is 0 Å². The Kier molecular flexibility index (Phi) is 2.96. The number of nitrogens with one attached hydrogen (secondary N) is 1. The van der Waals surface area contributed by atoms with Crippen molar-refractivity contribution < 1.29 is 8.42 Å². The zero-order valence-electron chi connectivity index (χ0n) is 8.77. The SMILES string of the molecule is CNS(=O)(=O)c1cn(C)nc1C(C)C. The molecule has 0 unspecified atom stereocenters. The smallest absolute Gasteiger partial charge is 0.243 e. The summed E-state index contributed by atoms with van der Waals surface area (Å²) in [5.74, 6) is 0.0920. The van der Waals surface area contributed by atoms with E-state index in [1.165, 1.54) is 17.9 Å². The molecular formula is C8H15N3O2S. The van der Waals surface area contributed by atoms with Crippen LogP contribution in [0.3, 0.4) is 0 Å². The molecule has 0 amide bonds. The lowest BCUT2D eigenvalue weighted by Gasteiger charge is -2.04. The summed E-state index contributed by atoms with van der Waals surface area (Å²) in [7, 11) is -0.282. The normalized spacial score (nSPS) is 12.4. The summed E-state index contributed by atoms with van der Waals surface area (Å²) in [5, 5.41) is 4.12. The molecule has 0 saturated heterocycles. The fraction of sp³-hybridized carbons (Fsp3) is 0.625. The van der Waals surface area contributed by atoms with Crippen molar-refractivity contribution in [1.82, 2.24) is 14.5 Å². The second-order valence-electron chi connectivity index (χ2n) is 3.41. The molecule has 0 aliphatic rings. The molecular weight excluding hydrogens is 202 g/mol. The maximum absolute atomic E-state index is 11.6. The molecule has 0 saturated carbocycles. The number of rotatable bonds is 3. The van der Waals surface area contributed by atoms with Crippen molar-refractivity contribution in [1.29, 1.82) is 0 Å². The third-order valence-corrected chi connectivity index (χ3v) is 3.36. The number of aromatic nitrogens is 2. The van der Waals surface area contributed by atoms with E-state index in [0.717, 1.165) is 0 Å². The number of hydrogen-bond donors (Lipinski definition) is 1. The van der Waals surface area contributed by atoms with Gasteiger partial charge in [0.1, 0.15) is 4.90 Å². The van der Waals surface area contributed by atoms with Crippen molar-refractivity contribution in [3.63, 3.8) is 0 Å². The van der Waals surface area contributed by atoms with Crippen LogP contribution in [-0.4, -0.2) is 25.2 Å². The number of nitrogens with zero attached hydrogens (tertiary/aromatic N) is 2. The molecule has 80 valence electrons. The minimum absolute atomic E-state index is 0.0920. The summed E-state index contributed by atoms with van der Waals surface area (Å²) in [6, 6.07) is 0. The molecule has 1 heterocycles. The van der Waals surface area contributed by atoms with Gasteiger partial charge in [0.15, 0.2) is 0 Å². The number of hydrogen-bond acceptors (Lipinski definition) is 3. The molecule has 0 radical (unpaired) electrons. The minimum atomic E-state index is -3.39. The van der Waals surface area contributed by atoms with E-state index < -0.39 is 10.0 Å². The maximum Gasteiger partial charge on any atom is 0.243 e. The summed E-state index contributed by atoms with van der Waals surface area (Å²) in [6.45, 7) is 3.83. The van der Waals surface area contributed by atoms with Gasteiger partial charge in [-0.2, -0.15) is 5.10 Å². The molecule has 6 heteroatoms. The molecule has 0 bridgehead atoms. The van der Waals surface area contributed by atoms with Crippen molar-refractivity contribution in [2.75, 3.05) is 7.05 Å². The second kappa shape index (κ2) is 3.70. The lowest BCUT2D eigenvalue weighted by atomic mass is 10.1. The Balaban J connectivity index is 3.34. The monoisotopic (exact) mass is 217 g/mol. The predicted octanol–water partition coefficient (Wildman–Crippen LogP) is 0.452. The van der Waals surface area contributed by atoms with Crippen LogP contribution in [0.1, 0.15) is 25.5 Å². The highest BCUT2D eigenvalue weighted by molar-refractivity contribution is 7.89. The van der Waals surface area contributed by atoms with Crippen LogP contribution in [0, 0.1) is 0 Å². The fourth-order valence-corrected chi connectivity index (χ4v) is 2.26. The maximum atomic E-state index is 11.6. The lowest BCUT2D eigenvalue weighted by molar-refractivity contribution is 0.586. The standard InChI is InChI=1S/C8H15N3O2S/c1-6(2)8-7(5-11(4)10-8)14(12,13)9-3/h5-6,9H,1-4H3. The first-order chi connectivity index (χ1) is 6.38. The van der Waals surface area contributed by atoms with Crippen LogP contribution in [0.25, 0.3) is 0 Å². The molecule has 0 aliphatic heterocycles. The van der Waals surface area contributed by atoms with E-state index >= 15 is 0 Å². The van der Waals surface area contributed by atoms with Crippen molar-refractivity contribution in [2.24, 2.45) is 7.05 Å². The molecule has 0 aromatic carbocycles. The van der Waals surface area contributed by atoms with Crippen LogP contribution in [0.2, 0.25) is 0 Å². The predicted molar refractivity (Wildman–Crippen MR) is 53.5 cm³/mol. The highest BCUT2D eigenvalue weighted by Gasteiger charge is 2.21. The van der Waals surface area contributed by atoms with Gasteiger partial charge in [0.05, 0.1) is 5.69 Å². The van der Waals surface area contributed by atoms with Crippen LogP contribution >= 0.6 is 0 Å². The first-order valence-electron chi connectivity index (χ1n) is 4.35. The number of sulfonamides is 1. The quantitative estimate of drug-likeness (QED) is 0.799. The third kappa shape index (κ3) is 1.96. The Labute approximate surface area is 84.2 Å². The molecule has 0 aliphatic carbocycles. The van der Waals surface area contributed by atoms with Gasteiger partial charge in [0, 0.05) is 13.2 Å². The van der Waals surface area contributed by atoms with E-state index in [-0.39, 0.29) is 10.8 Å². The van der Waals surface area contributed by atoms with E-state index in [0.29, 0.717) is 5.69 Å². The highest BCUT2D eigenvalue weighted by atomic mass is 32.2. The van der Waals surface area contributed by atoms with Crippen LogP contribution in [-0.2, 0) is 17.1 Å². The van der Waals surface area contributed by atoms with Gasteiger partial charge in [-0.05, 0) is 13.0 Å². The van der Waals surface area contributed by atoms with Gasteiger partial charge in [-0.15, -0.1) is 0 Å². The topological polar surface area (TPSA) is 64.0 Å². The minimum Gasteiger partial charge on any atom is -0.274 e. The molecule has 0 spiro atoms. The van der Waals surface area contributed by atoms with Crippen LogP contribution in [0.15, 0.2) is 11.1 Å². The molecule has 1 aromatic rings. The second-order valence-corrected chi connectivity index (χ2v) is 5.27. The Morgan fingerprint density at radius 3 is 2.50 bits per heavy atom. The number of aryl methyl sites for hydroxylation is 1.